The number of amides is 1. The summed E-state index contributed by atoms with van der Waals surface area (Å²) in [7, 11) is 0. The fourth-order valence-corrected chi connectivity index (χ4v) is 1.19. The Labute approximate surface area is 72.0 Å². The van der Waals surface area contributed by atoms with Crippen LogP contribution >= 0.6 is 15.9 Å². The summed E-state index contributed by atoms with van der Waals surface area (Å²) in [5, 5.41) is 0. The number of rotatable bonds is 1. The molecule has 0 aliphatic heterocycles. The highest BCUT2D eigenvalue weighted by Gasteiger charge is 2.07. The first-order chi connectivity index (χ1) is 5.11. The number of nitrogens with zero attached hydrogens (tertiary/aromatic N) is 2. The van der Waals surface area contributed by atoms with Gasteiger partial charge in [0.15, 0.2) is 5.69 Å². The molecule has 0 atom stereocenters. The van der Waals surface area contributed by atoms with Crippen molar-refractivity contribution in [2.24, 2.45) is 5.73 Å². The minimum atomic E-state index is -0.579. The number of nitrogens with two attached hydrogens (primary N) is 1. The molecule has 1 heterocycles. The van der Waals surface area contributed by atoms with Crippen LogP contribution in [-0.4, -0.2) is 15.9 Å². The lowest BCUT2D eigenvalue weighted by Gasteiger charge is -1.97. The number of aryl methyl sites for hydroxylation is 1. The summed E-state index contributed by atoms with van der Waals surface area (Å²) < 4.78 is 0.394. The van der Waals surface area contributed by atoms with E-state index in [1.807, 2.05) is 0 Å². The van der Waals surface area contributed by atoms with Crippen molar-refractivity contribution in [3.63, 3.8) is 0 Å². The molecule has 2 N–H and O–H groups in total. The Hall–Kier alpha value is -0.970. The number of aromatic nitrogens is 2. The number of hydrogen-bond acceptors (Lipinski definition) is 3. The monoisotopic (exact) mass is 215 g/mol. The van der Waals surface area contributed by atoms with E-state index in [1.165, 1.54) is 6.20 Å². The SMILES string of the molecule is Cc1cnc(C(N)=O)c(Br)n1. The van der Waals surface area contributed by atoms with Crippen LogP contribution in [0.3, 0.4) is 0 Å². The number of hydrogen-bond donors (Lipinski definition) is 1. The first-order valence-electron chi connectivity index (χ1n) is 2.90. The van der Waals surface area contributed by atoms with Crippen molar-refractivity contribution >= 4 is 21.8 Å². The van der Waals surface area contributed by atoms with Crippen LogP contribution < -0.4 is 5.73 Å². The lowest BCUT2D eigenvalue weighted by molar-refractivity contribution is 0.0994. The second kappa shape index (κ2) is 2.96. The van der Waals surface area contributed by atoms with E-state index >= 15 is 0 Å². The van der Waals surface area contributed by atoms with Gasteiger partial charge in [0.2, 0.25) is 0 Å². The molecule has 0 unspecified atom stereocenters. The Morgan fingerprint density at radius 2 is 2.36 bits per heavy atom. The molecule has 0 saturated carbocycles. The van der Waals surface area contributed by atoms with Crippen molar-refractivity contribution in [3.05, 3.63) is 22.2 Å². The Kier molecular flexibility index (Phi) is 2.19. The molecule has 1 amide bonds. The van der Waals surface area contributed by atoms with Crippen molar-refractivity contribution < 1.29 is 4.79 Å². The Morgan fingerprint density at radius 3 is 2.82 bits per heavy atom. The first kappa shape index (κ1) is 8.13. The van der Waals surface area contributed by atoms with Crippen molar-refractivity contribution in [3.8, 4) is 0 Å². The van der Waals surface area contributed by atoms with E-state index in [9.17, 15) is 4.79 Å². The van der Waals surface area contributed by atoms with E-state index in [2.05, 4.69) is 25.9 Å². The van der Waals surface area contributed by atoms with Gasteiger partial charge in [-0.1, -0.05) is 0 Å². The molecule has 0 aliphatic carbocycles. The number of primary amides is 1. The van der Waals surface area contributed by atoms with Gasteiger partial charge < -0.3 is 5.73 Å². The lowest BCUT2D eigenvalue weighted by Crippen LogP contribution is -2.14. The van der Waals surface area contributed by atoms with Gasteiger partial charge in [0.1, 0.15) is 4.60 Å². The van der Waals surface area contributed by atoms with Crippen LogP contribution in [0.25, 0.3) is 0 Å². The molecule has 0 aliphatic rings. The summed E-state index contributed by atoms with van der Waals surface area (Å²) in [6.45, 7) is 1.78. The number of halogens is 1. The van der Waals surface area contributed by atoms with Gasteiger partial charge in [0, 0.05) is 6.20 Å². The van der Waals surface area contributed by atoms with E-state index in [-0.39, 0.29) is 5.69 Å². The zero-order chi connectivity index (χ0) is 8.43. The van der Waals surface area contributed by atoms with Crippen LogP contribution in [0.1, 0.15) is 16.2 Å². The third kappa shape index (κ3) is 1.74. The maximum Gasteiger partial charge on any atom is 0.270 e. The Balaban J connectivity index is 3.20. The van der Waals surface area contributed by atoms with E-state index in [0.29, 0.717) is 4.60 Å². The molecule has 0 aromatic carbocycles. The minimum Gasteiger partial charge on any atom is -0.364 e. The zero-order valence-electron chi connectivity index (χ0n) is 5.84. The fourth-order valence-electron chi connectivity index (χ4n) is 0.613. The van der Waals surface area contributed by atoms with Crippen LogP contribution in [0.15, 0.2) is 10.8 Å². The van der Waals surface area contributed by atoms with Crippen molar-refractivity contribution in [1.29, 1.82) is 0 Å². The molecule has 58 valence electrons. The number of carbonyl (C=O) groups excluding carboxylic acids is 1. The van der Waals surface area contributed by atoms with E-state index in [1.54, 1.807) is 6.92 Å². The molecule has 0 spiro atoms. The molecular weight excluding hydrogens is 210 g/mol. The summed E-state index contributed by atoms with van der Waals surface area (Å²) in [6, 6.07) is 0. The van der Waals surface area contributed by atoms with Crippen molar-refractivity contribution in [2.45, 2.75) is 6.92 Å². The van der Waals surface area contributed by atoms with Crippen molar-refractivity contribution in [2.75, 3.05) is 0 Å². The largest absolute Gasteiger partial charge is 0.364 e. The summed E-state index contributed by atoms with van der Waals surface area (Å²) in [4.78, 5) is 18.4. The van der Waals surface area contributed by atoms with Gasteiger partial charge in [0.05, 0.1) is 5.69 Å². The molecule has 11 heavy (non-hydrogen) atoms. The van der Waals surface area contributed by atoms with Crippen LogP contribution in [-0.2, 0) is 0 Å². The van der Waals surface area contributed by atoms with Crippen LogP contribution in [0.4, 0.5) is 0 Å². The molecule has 0 bridgehead atoms. The molecule has 1 rings (SSSR count). The first-order valence-corrected chi connectivity index (χ1v) is 3.69. The third-order valence-corrected chi connectivity index (χ3v) is 1.64. The third-order valence-electron chi connectivity index (χ3n) is 1.08. The van der Waals surface area contributed by atoms with Gasteiger partial charge in [-0.2, -0.15) is 0 Å². The predicted octanol–water partition coefficient (Wildman–Crippen LogP) is 0.646. The van der Waals surface area contributed by atoms with Gasteiger partial charge in [-0.15, -0.1) is 0 Å². The Morgan fingerprint density at radius 1 is 1.73 bits per heavy atom. The highest BCUT2D eigenvalue weighted by Crippen LogP contribution is 2.09. The number of carbonyl (C=O) groups is 1. The fraction of sp³-hybridized carbons (Fsp3) is 0.167. The standard InChI is InChI=1S/C6H6BrN3O/c1-3-2-9-4(6(8)11)5(7)10-3/h2H,1H3,(H2,8,11). The van der Waals surface area contributed by atoms with Gasteiger partial charge in [-0.25, -0.2) is 9.97 Å². The molecule has 1 aromatic rings. The summed E-state index contributed by atoms with van der Waals surface area (Å²) in [6.07, 6.45) is 1.49. The average molecular weight is 216 g/mol. The topological polar surface area (TPSA) is 68.9 Å². The average Bonchev–Trinajstić information content (AvgIpc) is 1.85. The maximum absolute atomic E-state index is 10.6. The van der Waals surface area contributed by atoms with Gasteiger partial charge >= 0.3 is 0 Å². The van der Waals surface area contributed by atoms with Crippen LogP contribution in [0.5, 0.6) is 0 Å². The second-order valence-corrected chi connectivity index (χ2v) is 2.77. The second-order valence-electron chi connectivity index (χ2n) is 2.02. The van der Waals surface area contributed by atoms with Crippen molar-refractivity contribution in [1.82, 2.24) is 9.97 Å². The highest BCUT2D eigenvalue weighted by molar-refractivity contribution is 9.10. The molecular formula is C6H6BrN3O. The van der Waals surface area contributed by atoms with Gasteiger partial charge in [-0.05, 0) is 22.9 Å². The van der Waals surface area contributed by atoms with Gasteiger partial charge in [0.25, 0.3) is 5.91 Å². The molecule has 5 heteroatoms. The van der Waals surface area contributed by atoms with Crippen LogP contribution in [0, 0.1) is 6.92 Å². The quantitative estimate of drug-likeness (QED) is 0.748. The van der Waals surface area contributed by atoms with E-state index < -0.39 is 5.91 Å². The lowest BCUT2D eigenvalue weighted by atomic mass is 10.4. The summed E-state index contributed by atoms with van der Waals surface area (Å²) >= 11 is 3.07. The summed E-state index contributed by atoms with van der Waals surface area (Å²) in [5.41, 5.74) is 5.89. The van der Waals surface area contributed by atoms with E-state index in [0.717, 1.165) is 5.69 Å². The normalized spacial score (nSPS) is 9.64. The summed E-state index contributed by atoms with van der Waals surface area (Å²) in [5.74, 6) is -0.579. The minimum absolute atomic E-state index is 0.163. The molecule has 0 saturated heterocycles. The Bertz CT molecular complexity index is 300. The molecule has 0 radical (unpaired) electrons. The molecule has 0 fully saturated rings. The predicted molar refractivity (Wildman–Crippen MR) is 43.0 cm³/mol. The van der Waals surface area contributed by atoms with Gasteiger partial charge in [-0.3, -0.25) is 4.79 Å². The molecule has 4 nitrogen and oxygen atoms in total. The van der Waals surface area contributed by atoms with E-state index in [4.69, 9.17) is 5.73 Å². The maximum atomic E-state index is 10.6. The zero-order valence-corrected chi connectivity index (χ0v) is 7.42. The van der Waals surface area contributed by atoms with Crippen LogP contribution in [0.2, 0.25) is 0 Å². The smallest absolute Gasteiger partial charge is 0.270 e. The molecule has 1 aromatic heterocycles. The highest BCUT2D eigenvalue weighted by atomic mass is 79.9.